The van der Waals surface area contributed by atoms with Gasteiger partial charge in [-0.05, 0) is 61.2 Å². The zero-order chi connectivity index (χ0) is 22.4. The van der Waals surface area contributed by atoms with E-state index in [1.165, 1.54) is 16.4 Å². The molecule has 1 unspecified atom stereocenters. The van der Waals surface area contributed by atoms with Gasteiger partial charge in [-0.15, -0.1) is 0 Å². The van der Waals surface area contributed by atoms with E-state index in [1.807, 2.05) is 16.4 Å². The predicted octanol–water partition coefficient (Wildman–Crippen LogP) is 3.95. The third kappa shape index (κ3) is 6.31. The van der Waals surface area contributed by atoms with E-state index in [0.717, 1.165) is 11.3 Å². The standard InChI is InChI=1S/C21H26Cl2FN3O3S/c22-20-9-4-16(14-21(20)23)2-1-3-19(15-25-28)31(29,30)27-12-10-26(11-13-27)18-7-5-17(24)6-8-18/h4-9,14,19,25,28H,1-3,10-13,15H2. The molecule has 1 fully saturated rings. The van der Waals surface area contributed by atoms with E-state index in [2.05, 4.69) is 0 Å². The molecule has 2 N–H and O–H groups in total. The van der Waals surface area contributed by atoms with Gasteiger partial charge in [0.25, 0.3) is 0 Å². The van der Waals surface area contributed by atoms with Crippen molar-refractivity contribution in [2.45, 2.75) is 24.5 Å². The highest BCUT2D eigenvalue weighted by molar-refractivity contribution is 7.89. The number of aryl methyl sites for hydroxylation is 1. The minimum atomic E-state index is -3.59. The van der Waals surface area contributed by atoms with Crippen molar-refractivity contribution in [3.8, 4) is 0 Å². The fraction of sp³-hybridized carbons (Fsp3) is 0.429. The smallest absolute Gasteiger partial charge is 0.218 e. The van der Waals surface area contributed by atoms with Crippen molar-refractivity contribution in [2.75, 3.05) is 37.6 Å². The van der Waals surface area contributed by atoms with Crippen molar-refractivity contribution in [3.05, 3.63) is 63.9 Å². The SMILES string of the molecule is O=S(=O)(C(CCCc1ccc(Cl)c(Cl)c1)CNO)N1CCN(c2ccc(F)cc2)CC1. The van der Waals surface area contributed by atoms with Crippen molar-refractivity contribution in [3.63, 3.8) is 0 Å². The number of nitrogens with zero attached hydrogens (tertiary/aromatic N) is 2. The number of hydrogen-bond donors (Lipinski definition) is 2. The van der Waals surface area contributed by atoms with E-state index in [4.69, 9.17) is 23.2 Å². The molecule has 0 aliphatic carbocycles. The third-order valence-electron chi connectivity index (χ3n) is 5.51. The van der Waals surface area contributed by atoms with E-state index in [0.29, 0.717) is 55.5 Å². The number of anilines is 1. The number of rotatable bonds is 9. The van der Waals surface area contributed by atoms with Crippen LogP contribution in [0, 0.1) is 5.82 Å². The van der Waals surface area contributed by atoms with Gasteiger partial charge in [0.15, 0.2) is 0 Å². The minimum Gasteiger partial charge on any atom is -0.369 e. The quantitative estimate of drug-likeness (QED) is 0.521. The molecule has 0 amide bonds. The number of piperazine rings is 1. The van der Waals surface area contributed by atoms with Crippen LogP contribution in [0.1, 0.15) is 18.4 Å². The molecule has 6 nitrogen and oxygen atoms in total. The first-order chi connectivity index (χ1) is 14.8. The normalized spacial score (nSPS) is 16.5. The van der Waals surface area contributed by atoms with Crippen molar-refractivity contribution in [1.82, 2.24) is 9.79 Å². The number of halogens is 3. The summed E-state index contributed by atoms with van der Waals surface area (Å²) in [6.07, 6.45) is 1.68. The fourth-order valence-corrected chi connectivity index (χ4v) is 5.91. The largest absolute Gasteiger partial charge is 0.369 e. The van der Waals surface area contributed by atoms with Gasteiger partial charge in [-0.25, -0.2) is 18.3 Å². The fourth-order valence-electron chi connectivity index (χ4n) is 3.75. The van der Waals surface area contributed by atoms with Gasteiger partial charge < -0.3 is 10.1 Å². The molecule has 10 heteroatoms. The van der Waals surface area contributed by atoms with Crippen LogP contribution < -0.4 is 10.4 Å². The molecule has 1 aliphatic rings. The number of hydroxylamine groups is 1. The maximum atomic E-state index is 13.2. The average molecular weight is 490 g/mol. The molecule has 0 spiro atoms. The topological polar surface area (TPSA) is 72.9 Å². The molecule has 2 aromatic rings. The Bertz CT molecular complexity index is 968. The molecule has 1 saturated heterocycles. The molecule has 0 radical (unpaired) electrons. The van der Waals surface area contributed by atoms with Crippen molar-refractivity contribution in [1.29, 1.82) is 0 Å². The van der Waals surface area contributed by atoms with E-state index in [9.17, 15) is 18.0 Å². The summed E-state index contributed by atoms with van der Waals surface area (Å²) in [5.41, 5.74) is 3.88. The molecule has 2 aromatic carbocycles. The lowest BCUT2D eigenvalue weighted by atomic mass is 10.1. The Morgan fingerprint density at radius 2 is 1.71 bits per heavy atom. The second-order valence-electron chi connectivity index (χ2n) is 7.53. The summed E-state index contributed by atoms with van der Waals surface area (Å²) >= 11 is 12.0. The first kappa shape index (κ1) is 24.2. The van der Waals surface area contributed by atoms with E-state index < -0.39 is 15.3 Å². The van der Waals surface area contributed by atoms with Crippen molar-refractivity contribution in [2.24, 2.45) is 0 Å². The van der Waals surface area contributed by atoms with Gasteiger partial charge in [0.05, 0.1) is 15.3 Å². The Kier molecular flexibility index (Phi) is 8.55. The molecule has 0 aromatic heterocycles. The highest BCUT2D eigenvalue weighted by atomic mass is 35.5. The number of benzene rings is 2. The van der Waals surface area contributed by atoms with Gasteiger partial charge in [0, 0.05) is 38.4 Å². The van der Waals surface area contributed by atoms with E-state index in [1.54, 1.807) is 24.3 Å². The maximum Gasteiger partial charge on any atom is 0.218 e. The predicted molar refractivity (Wildman–Crippen MR) is 122 cm³/mol. The Morgan fingerprint density at radius 3 is 2.32 bits per heavy atom. The van der Waals surface area contributed by atoms with Crippen LogP contribution in [0.2, 0.25) is 10.0 Å². The second kappa shape index (κ2) is 10.9. The van der Waals surface area contributed by atoms with Crippen LogP contribution in [-0.4, -0.2) is 55.9 Å². The summed E-state index contributed by atoms with van der Waals surface area (Å²) in [4.78, 5) is 2.04. The average Bonchev–Trinajstić information content (AvgIpc) is 2.76. The van der Waals surface area contributed by atoms with Gasteiger partial charge >= 0.3 is 0 Å². The summed E-state index contributed by atoms with van der Waals surface area (Å²) in [6, 6.07) is 11.6. The van der Waals surface area contributed by atoms with Crippen molar-refractivity contribution >= 4 is 38.9 Å². The Morgan fingerprint density at radius 1 is 1.03 bits per heavy atom. The maximum absolute atomic E-state index is 13.2. The van der Waals surface area contributed by atoms with Crippen LogP contribution >= 0.6 is 23.2 Å². The first-order valence-electron chi connectivity index (χ1n) is 10.1. The Balaban J connectivity index is 1.58. The molecule has 0 saturated carbocycles. The summed E-state index contributed by atoms with van der Waals surface area (Å²) < 4.78 is 41.0. The van der Waals surface area contributed by atoms with E-state index >= 15 is 0 Å². The zero-order valence-electron chi connectivity index (χ0n) is 17.0. The van der Waals surface area contributed by atoms with Gasteiger partial charge in [0.1, 0.15) is 5.82 Å². The molecule has 170 valence electrons. The summed E-state index contributed by atoms with van der Waals surface area (Å²) in [7, 11) is -3.59. The number of sulfonamides is 1. The van der Waals surface area contributed by atoms with Crippen LogP contribution in [0.25, 0.3) is 0 Å². The van der Waals surface area contributed by atoms with Gasteiger partial charge in [0.2, 0.25) is 10.0 Å². The van der Waals surface area contributed by atoms with Gasteiger partial charge in [-0.3, -0.25) is 0 Å². The monoisotopic (exact) mass is 489 g/mol. The van der Waals surface area contributed by atoms with Crippen molar-refractivity contribution < 1.29 is 18.0 Å². The molecule has 1 heterocycles. The van der Waals surface area contributed by atoms with Gasteiger partial charge in [-0.2, -0.15) is 4.31 Å². The molecule has 3 rings (SSSR count). The number of nitrogens with one attached hydrogen (secondary N) is 1. The highest BCUT2D eigenvalue weighted by Gasteiger charge is 2.33. The van der Waals surface area contributed by atoms with Crippen LogP contribution in [-0.2, 0) is 16.4 Å². The van der Waals surface area contributed by atoms with Gasteiger partial charge in [-0.1, -0.05) is 29.3 Å². The summed E-state index contributed by atoms with van der Waals surface area (Å²) in [5, 5.41) is 9.41. The molecule has 31 heavy (non-hydrogen) atoms. The lowest BCUT2D eigenvalue weighted by Crippen LogP contribution is -2.52. The van der Waals surface area contributed by atoms with Crippen LogP contribution in [0.4, 0.5) is 10.1 Å². The first-order valence-corrected chi connectivity index (χ1v) is 12.4. The lowest BCUT2D eigenvalue weighted by Gasteiger charge is -2.37. The third-order valence-corrected chi connectivity index (χ3v) is 8.57. The molecular weight excluding hydrogens is 464 g/mol. The van der Waals surface area contributed by atoms with E-state index in [-0.39, 0.29) is 12.4 Å². The molecule has 0 bridgehead atoms. The van der Waals surface area contributed by atoms with Crippen LogP contribution in [0.5, 0.6) is 0 Å². The lowest BCUT2D eigenvalue weighted by molar-refractivity contribution is 0.164. The summed E-state index contributed by atoms with van der Waals surface area (Å²) in [6.45, 7) is 1.69. The second-order valence-corrected chi connectivity index (χ2v) is 10.6. The van der Waals surface area contributed by atoms with Crippen LogP contribution in [0.3, 0.4) is 0 Å². The molecule has 1 atom stereocenters. The van der Waals surface area contributed by atoms with Crippen LogP contribution in [0.15, 0.2) is 42.5 Å². The minimum absolute atomic E-state index is 0.0398. The molecule has 1 aliphatic heterocycles. The Labute approximate surface area is 192 Å². The summed E-state index contributed by atoms with van der Waals surface area (Å²) in [5.74, 6) is -0.301. The Hall–Kier alpha value is -1.42. The zero-order valence-corrected chi connectivity index (χ0v) is 19.3. The number of hydrogen-bond acceptors (Lipinski definition) is 5. The highest BCUT2D eigenvalue weighted by Crippen LogP contribution is 2.25. The molecular formula is C21H26Cl2FN3O3S.